The van der Waals surface area contributed by atoms with E-state index in [1.165, 1.54) is 6.33 Å². The van der Waals surface area contributed by atoms with Crippen molar-refractivity contribution in [2.24, 2.45) is 0 Å². The van der Waals surface area contributed by atoms with Gasteiger partial charge >= 0.3 is 0 Å². The molecule has 0 unspecified atom stereocenters. The van der Waals surface area contributed by atoms with Crippen molar-refractivity contribution in [3.63, 3.8) is 0 Å². The van der Waals surface area contributed by atoms with Gasteiger partial charge in [-0.15, -0.1) is 0 Å². The molecule has 30 heavy (non-hydrogen) atoms. The van der Waals surface area contributed by atoms with Gasteiger partial charge in [0.1, 0.15) is 24.1 Å². The third kappa shape index (κ3) is 3.46. The van der Waals surface area contributed by atoms with E-state index in [4.69, 9.17) is 15.6 Å². The lowest BCUT2D eigenvalue weighted by Crippen LogP contribution is -2.45. The Labute approximate surface area is 175 Å². The Kier molecular flexibility index (Phi) is 5.18. The highest BCUT2D eigenvalue weighted by Gasteiger charge is 2.30. The van der Waals surface area contributed by atoms with E-state index in [9.17, 15) is 4.79 Å². The summed E-state index contributed by atoms with van der Waals surface area (Å²) in [6.45, 7) is 3.74. The van der Waals surface area contributed by atoms with Gasteiger partial charge in [-0.05, 0) is 25.7 Å². The number of benzene rings is 1. The lowest BCUT2D eigenvalue weighted by molar-refractivity contribution is 0.00520. The fraction of sp³-hybridized carbons (Fsp3) is 0.455. The number of carbonyl (C=O) groups is 1. The topological polar surface area (TPSA) is 99.2 Å². The van der Waals surface area contributed by atoms with Crippen molar-refractivity contribution in [1.82, 2.24) is 24.6 Å². The number of fused-ring (bicyclic) bond motifs is 1. The van der Waals surface area contributed by atoms with E-state index in [-0.39, 0.29) is 0 Å². The quantitative estimate of drug-likeness (QED) is 0.665. The average molecular weight is 406 g/mol. The van der Waals surface area contributed by atoms with Crippen molar-refractivity contribution in [3.8, 4) is 11.3 Å². The standard InChI is InChI=1S/C22H26N6O2/c23-21-19-20(16-3-1-15(13-29)2-4-16)26-28(22(19)25-14-24-21)18-7-5-17(6-8-18)27-9-11-30-12-10-27/h1-4,13-14,17-18H,5-12H2,(H2,23,24,25). The molecule has 1 saturated carbocycles. The normalized spacial score (nSPS) is 22.9. The number of ether oxygens (including phenoxy) is 1. The highest BCUT2D eigenvalue weighted by Crippen LogP contribution is 2.37. The zero-order valence-corrected chi connectivity index (χ0v) is 16.9. The third-order valence-corrected chi connectivity index (χ3v) is 6.41. The highest BCUT2D eigenvalue weighted by molar-refractivity contribution is 5.98. The van der Waals surface area contributed by atoms with Crippen LogP contribution in [0.2, 0.25) is 0 Å². The number of anilines is 1. The van der Waals surface area contributed by atoms with Crippen LogP contribution in [0.1, 0.15) is 42.1 Å². The van der Waals surface area contributed by atoms with E-state index in [0.29, 0.717) is 23.5 Å². The molecular formula is C22H26N6O2. The molecule has 1 aliphatic heterocycles. The predicted molar refractivity (Wildman–Crippen MR) is 114 cm³/mol. The number of aldehydes is 1. The van der Waals surface area contributed by atoms with Gasteiger partial charge in [-0.3, -0.25) is 9.69 Å². The highest BCUT2D eigenvalue weighted by atomic mass is 16.5. The molecule has 2 N–H and O–H groups in total. The van der Waals surface area contributed by atoms with Crippen molar-refractivity contribution in [1.29, 1.82) is 0 Å². The Morgan fingerprint density at radius 2 is 1.70 bits per heavy atom. The first-order valence-corrected chi connectivity index (χ1v) is 10.6. The van der Waals surface area contributed by atoms with Gasteiger partial charge < -0.3 is 10.5 Å². The summed E-state index contributed by atoms with van der Waals surface area (Å²) in [5, 5.41) is 5.73. The first-order chi connectivity index (χ1) is 14.7. The maximum atomic E-state index is 11.0. The number of nitrogens with zero attached hydrogens (tertiary/aromatic N) is 5. The maximum absolute atomic E-state index is 11.0. The third-order valence-electron chi connectivity index (χ3n) is 6.41. The minimum Gasteiger partial charge on any atom is -0.383 e. The van der Waals surface area contributed by atoms with E-state index >= 15 is 0 Å². The van der Waals surface area contributed by atoms with Crippen LogP contribution in [-0.2, 0) is 4.74 Å². The second kappa shape index (κ2) is 8.12. The molecule has 1 aromatic carbocycles. The number of hydrogen-bond donors (Lipinski definition) is 1. The summed E-state index contributed by atoms with van der Waals surface area (Å²) in [6, 6.07) is 8.31. The molecule has 1 aliphatic carbocycles. The number of morpholine rings is 1. The van der Waals surface area contributed by atoms with Gasteiger partial charge in [-0.25, -0.2) is 14.6 Å². The summed E-state index contributed by atoms with van der Waals surface area (Å²) in [5.74, 6) is 0.433. The largest absolute Gasteiger partial charge is 0.383 e. The molecule has 8 nitrogen and oxygen atoms in total. The molecule has 0 bridgehead atoms. The summed E-state index contributed by atoms with van der Waals surface area (Å²) in [4.78, 5) is 22.3. The summed E-state index contributed by atoms with van der Waals surface area (Å²) in [6.07, 6.45) is 6.77. The van der Waals surface area contributed by atoms with Crippen LogP contribution < -0.4 is 5.73 Å². The lowest BCUT2D eigenvalue weighted by atomic mass is 9.90. The van der Waals surface area contributed by atoms with Crippen molar-refractivity contribution >= 4 is 23.1 Å². The van der Waals surface area contributed by atoms with Gasteiger partial charge in [0.25, 0.3) is 0 Å². The molecule has 3 heterocycles. The maximum Gasteiger partial charge on any atom is 0.164 e. The number of rotatable bonds is 4. The smallest absolute Gasteiger partial charge is 0.164 e. The molecule has 2 fully saturated rings. The fourth-order valence-corrected chi connectivity index (χ4v) is 4.78. The Bertz CT molecular complexity index is 1030. The van der Waals surface area contributed by atoms with Crippen LogP contribution in [0.15, 0.2) is 30.6 Å². The van der Waals surface area contributed by atoms with Crippen LogP contribution >= 0.6 is 0 Å². The van der Waals surface area contributed by atoms with E-state index in [2.05, 4.69) is 14.9 Å². The molecular weight excluding hydrogens is 380 g/mol. The van der Waals surface area contributed by atoms with Crippen molar-refractivity contribution in [2.45, 2.75) is 37.8 Å². The van der Waals surface area contributed by atoms with Gasteiger partial charge in [0.2, 0.25) is 0 Å². The molecule has 3 aromatic rings. The summed E-state index contributed by atoms with van der Waals surface area (Å²) >= 11 is 0. The van der Waals surface area contributed by atoms with Crippen molar-refractivity contribution in [2.75, 3.05) is 32.0 Å². The SMILES string of the molecule is Nc1ncnc2c1c(-c1ccc(C=O)cc1)nn2C1CCC(N2CCOCC2)CC1. The molecule has 0 spiro atoms. The minimum atomic E-state index is 0.294. The Morgan fingerprint density at radius 3 is 2.40 bits per heavy atom. The molecule has 2 aliphatic rings. The number of hydrogen-bond acceptors (Lipinski definition) is 7. The number of nitrogen functional groups attached to an aromatic ring is 1. The Hall–Kier alpha value is -2.84. The Morgan fingerprint density at radius 1 is 1.00 bits per heavy atom. The van der Waals surface area contributed by atoms with Crippen LogP contribution in [-0.4, -0.2) is 63.3 Å². The first-order valence-electron chi connectivity index (χ1n) is 10.6. The first kappa shape index (κ1) is 19.1. The second-order valence-electron chi connectivity index (χ2n) is 8.10. The molecule has 2 aromatic heterocycles. The molecule has 8 heteroatoms. The molecule has 0 amide bonds. The van der Waals surface area contributed by atoms with Crippen LogP contribution in [0.25, 0.3) is 22.3 Å². The summed E-state index contributed by atoms with van der Waals surface area (Å²) in [5.41, 5.74) is 9.33. The Balaban J connectivity index is 1.45. The second-order valence-corrected chi connectivity index (χ2v) is 8.10. The molecule has 156 valence electrons. The van der Waals surface area contributed by atoms with Gasteiger partial charge in [-0.2, -0.15) is 5.10 Å². The molecule has 0 radical (unpaired) electrons. The van der Waals surface area contributed by atoms with Crippen LogP contribution in [0.4, 0.5) is 5.82 Å². The van der Waals surface area contributed by atoms with E-state index < -0.39 is 0 Å². The lowest BCUT2D eigenvalue weighted by Gasteiger charge is -2.38. The zero-order valence-electron chi connectivity index (χ0n) is 16.9. The van der Waals surface area contributed by atoms with E-state index in [0.717, 1.165) is 80.6 Å². The number of carbonyl (C=O) groups excluding carboxylic acids is 1. The summed E-state index contributed by atoms with van der Waals surface area (Å²) in [7, 11) is 0. The van der Waals surface area contributed by atoms with Gasteiger partial charge in [0.15, 0.2) is 5.65 Å². The van der Waals surface area contributed by atoms with E-state index in [1.54, 1.807) is 12.1 Å². The van der Waals surface area contributed by atoms with Gasteiger partial charge in [-0.1, -0.05) is 24.3 Å². The van der Waals surface area contributed by atoms with Crippen LogP contribution in [0.5, 0.6) is 0 Å². The van der Waals surface area contributed by atoms with E-state index in [1.807, 2.05) is 16.8 Å². The van der Waals surface area contributed by atoms with Crippen LogP contribution in [0, 0.1) is 0 Å². The average Bonchev–Trinajstić information content (AvgIpc) is 3.21. The summed E-state index contributed by atoms with van der Waals surface area (Å²) < 4.78 is 7.55. The molecule has 1 saturated heterocycles. The van der Waals surface area contributed by atoms with Crippen molar-refractivity contribution in [3.05, 3.63) is 36.2 Å². The monoisotopic (exact) mass is 406 g/mol. The van der Waals surface area contributed by atoms with Crippen LogP contribution in [0.3, 0.4) is 0 Å². The predicted octanol–water partition coefficient (Wildman–Crippen LogP) is 2.70. The zero-order chi connectivity index (χ0) is 20.5. The fourth-order valence-electron chi connectivity index (χ4n) is 4.78. The molecule has 5 rings (SSSR count). The van der Waals surface area contributed by atoms with Gasteiger partial charge in [0.05, 0.1) is 24.6 Å². The minimum absolute atomic E-state index is 0.294. The van der Waals surface area contributed by atoms with Crippen molar-refractivity contribution < 1.29 is 9.53 Å². The van der Waals surface area contributed by atoms with Gasteiger partial charge in [0, 0.05) is 30.3 Å². The molecule has 0 atom stereocenters. The number of aromatic nitrogens is 4. The number of nitrogens with two attached hydrogens (primary N) is 1.